The number of aryl methyl sites for hydroxylation is 1. The Kier molecular flexibility index (Phi) is 35.5. The van der Waals surface area contributed by atoms with E-state index in [0.717, 1.165) is 54.8 Å². The number of hydrogen-bond acceptors (Lipinski definition) is 18. The Balaban J connectivity index is 0.845. The predicted molar refractivity (Wildman–Crippen MR) is 298 cm³/mol. The first-order chi connectivity index (χ1) is 39.3. The largest absolute Gasteiger partial charge is 0.420 e. The molecule has 1 aromatic heterocycles. The Labute approximate surface area is 477 Å². The van der Waals surface area contributed by atoms with Gasteiger partial charge in [-0.1, -0.05) is 37.6 Å². The van der Waals surface area contributed by atoms with Crippen molar-refractivity contribution in [2.24, 2.45) is 10.7 Å². The third-order valence-electron chi connectivity index (χ3n) is 11.7. The normalized spacial score (nSPS) is 12.3. The van der Waals surface area contributed by atoms with Crippen molar-refractivity contribution in [2.45, 2.75) is 71.4 Å². The van der Waals surface area contributed by atoms with Gasteiger partial charge in [-0.05, 0) is 63.0 Å². The van der Waals surface area contributed by atoms with Gasteiger partial charge in [0.25, 0.3) is 5.91 Å². The highest BCUT2D eigenvalue weighted by molar-refractivity contribution is 7.13. The van der Waals surface area contributed by atoms with E-state index >= 15 is 0 Å². The number of fused-ring (bicyclic) bond motifs is 1. The Hall–Kier alpha value is -4.96. The van der Waals surface area contributed by atoms with Crippen LogP contribution in [0.4, 0.5) is 23.2 Å². The van der Waals surface area contributed by atoms with Crippen LogP contribution in [0.3, 0.4) is 0 Å². The third-order valence-corrected chi connectivity index (χ3v) is 12.8. The lowest BCUT2D eigenvalue weighted by atomic mass is 10.1. The Morgan fingerprint density at radius 3 is 1.54 bits per heavy atom. The maximum Gasteiger partial charge on any atom is 0.313 e. The number of carbonyl (C=O) groups excluding carboxylic acids is 3. The number of hydrogen-bond donors (Lipinski definition) is 2. The van der Waals surface area contributed by atoms with E-state index in [1.807, 2.05) is 25.1 Å². The van der Waals surface area contributed by atoms with Crippen LogP contribution in [0, 0.1) is 23.3 Å². The highest BCUT2D eigenvalue weighted by Crippen LogP contribution is 2.36. The van der Waals surface area contributed by atoms with Gasteiger partial charge in [-0.2, -0.15) is 8.78 Å². The van der Waals surface area contributed by atoms with Crippen LogP contribution in [-0.2, 0) is 81.3 Å². The van der Waals surface area contributed by atoms with Crippen molar-refractivity contribution in [3.05, 3.63) is 86.1 Å². The van der Waals surface area contributed by atoms with Gasteiger partial charge in [0, 0.05) is 55.5 Å². The van der Waals surface area contributed by atoms with Crippen molar-refractivity contribution in [1.82, 2.24) is 15.1 Å². The smallest absolute Gasteiger partial charge is 0.313 e. The van der Waals surface area contributed by atoms with Crippen molar-refractivity contribution in [1.29, 1.82) is 0 Å². The average Bonchev–Trinajstić information content (AvgIpc) is 3.79. The molecule has 1 aliphatic heterocycles. The summed E-state index contributed by atoms with van der Waals surface area (Å²) in [4.78, 5) is 48.8. The molecular formula is C57H83F4N5O14S. The van der Waals surface area contributed by atoms with Crippen molar-refractivity contribution < 1.29 is 84.1 Å². The molecule has 2 aromatic carbocycles. The van der Waals surface area contributed by atoms with E-state index in [-0.39, 0.29) is 50.7 Å². The van der Waals surface area contributed by atoms with Crippen LogP contribution in [0.5, 0.6) is 5.75 Å². The molecule has 0 aliphatic carbocycles. The molecule has 24 heteroatoms. The quantitative estimate of drug-likeness (QED) is 0.0193. The number of nitrogens with one attached hydrogen (secondary N) is 1. The molecule has 0 radical (unpaired) electrons. The Morgan fingerprint density at radius 1 is 0.617 bits per heavy atom. The summed E-state index contributed by atoms with van der Waals surface area (Å²) < 4.78 is 112. The number of esters is 1. The van der Waals surface area contributed by atoms with Gasteiger partial charge in [0.2, 0.25) is 23.3 Å². The van der Waals surface area contributed by atoms with Crippen molar-refractivity contribution in [3.8, 4) is 5.75 Å². The van der Waals surface area contributed by atoms with Crippen LogP contribution in [-0.4, -0.2) is 193 Å². The van der Waals surface area contributed by atoms with Crippen LogP contribution in [0.2, 0.25) is 0 Å². The summed E-state index contributed by atoms with van der Waals surface area (Å²) in [5.74, 6) is -9.13. The minimum atomic E-state index is -1.80. The van der Waals surface area contributed by atoms with Crippen molar-refractivity contribution >= 4 is 46.7 Å². The monoisotopic (exact) mass is 1170 g/mol. The first-order valence-electron chi connectivity index (χ1n) is 27.6. The molecule has 1 aliphatic rings. The molecule has 2 amide bonds. The Bertz CT molecular complexity index is 2300. The van der Waals surface area contributed by atoms with Crippen molar-refractivity contribution in [3.63, 3.8) is 0 Å². The molecule has 81 heavy (non-hydrogen) atoms. The number of rotatable bonds is 47. The summed E-state index contributed by atoms with van der Waals surface area (Å²) in [5, 5.41) is 2.97. The molecule has 4 rings (SSSR count). The molecule has 0 saturated heterocycles. The van der Waals surface area contributed by atoms with Gasteiger partial charge < -0.3 is 73.0 Å². The average molecular weight is 1170 g/mol. The van der Waals surface area contributed by atoms with Crippen molar-refractivity contribution in [2.75, 3.05) is 159 Å². The molecule has 0 saturated carbocycles. The van der Waals surface area contributed by atoms with Gasteiger partial charge in [-0.3, -0.25) is 14.4 Å². The lowest BCUT2D eigenvalue weighted by molar-refractivity contribution is -0.136. The summed E-state index contributed by atoms with van der Waals surface area (Å²) in [5.41, 5.74) is 10.1. The molecule has 0 fully saturated rings. The number of aliphatic imine (C=N–C) groups is 1. The summed E-state index contributed by atoms with van der Waals surface area (Å²) >= 11 is 1.66. The van der Waals surface area contributed by atoms with Gasteiger partial charge in [0.05, 0.1) is 149 Å². The fraction of sp³-hybridized carbons (Fsp3) is 0.614. The highest BCUT2D eigenvalue weighted by atomic mass is 32.1. The van der Waals surface area contributed by atoms with E-state index in [2.05, 4.69) is 57.2 Å². The number of benzene rings is 2. The van der Waals surface area contributed by atoms with Crippen LogP contribution in [0.15, 0.2) is 47.0 Å². The molecule has 3 aromatic rings. The molecule has 2 heterocycles. The summed E-state index contributed by atoms with van der Waals surface area (Å²) in [6.07, 6.45) is 6.72. The van der Waals surface area contributed by atoms with Crippen LogP contribution < -0.4 is 15.8 Å². The molecule has 0 bridgehead atoms. The van der Waals surface area contributed by atoms with E-state index < -0.39 is 41.4 Å². The number of nitrogens with zero attached hydrogens (tertiary/aromatic N) is 3. The van der Waals surface area contributed by atoms with E-state index in [1.165, 1.54) is 10.4 Å². The lowest BCUT2D eigenvalue weighted by Gasteiger charge is -2.24. The molecule has 0 spiro atoms. The molecule has 454 valence electrons. The number of amides is 2. The maximum atomic E-state index is 13.9. The zero-order chi connectivity index (χ0) is 58.3. The minimum Gasteiger partial charge on any atom is -0.420 e. The highest BCUT2D eigenvalue weighted by Gasteiger charge is 2.24. The number of thiophene rings is 1. The molecular weight excluding hydrogens is 1090 g/mol. The zero-order valence-corrected chi connectivity index (χ0v) is 48.0. The van der Waals surface area contributed by atoms with Crippen LogP contribution in [0.1, 0.15) is 72.8 Å². The second-order valence-electron chi connectivity index (χ2n) is 18.7. The van der Waals surface area contributed by atoms with Gasteiger partial charge >= 0.3 is 5.97 Å². The van der Waals surface area contributed by atoms with Crippen LogP contribution in [0.25, 0.3) is 6.08 Å². The minimum absolute atomic E-state index is 0.00772. The number of nitrogens with two attached hydrogens (primary N) is 1. The number of ether oxygens (including phenoxy) is 11. The molecule has 0 unspecified atom stereocenters. The predicted octanol–water partition coefficient (Wildman–Crippen LogP) is 6.96. The van der Waals surface area contributed by atoms with E-state index in [1.54, 1.807) is 11.3 Å². The maximum absolute atomic E-state index is 13.9. The second kappa shape index (κ2) is 41.9. The van der Waals surface area contributed by atoms with Gasteiger partial charge in [0.1, 0.15) is 5.84 Å². The second-order valence-corrected chi connectivity index (χ2v) is 19.9. The first kappa shape index (κ1) is 68.5. The molecule has 0 atom stereocenters. The van der Waals surface area contributed by atoms with Gasteiger partial charge in [0.15, 0.2) is 11.6 Å². The number of amidine groups is 1. The number of unbranched alkanes of at least 4 members (excludes halogenated alkanes) is 2. The summed E-state index contributed by atoms with van der Waals surface area (Å²) in [6.45, 7) is 11.6. The van der Waals surface area contributed by atoms with Crippen LogP contribution >= 0.6 is 11.3 Å². The molecule has 3 N–H and O–H groups in total. The summed E-state index contributed by atoms with van der Waals surface area (Å²) in [6, 6.07) is 10.6. The third kappa shape index (κ3) is 29.7. The standard InChI is InChI=1S/C57H83F4N5O14S/c1-4-16-66(42-44-11-9-43(10-12-44)41-65(2)3)57(69)45-37-50-49(64-51(62)38-45)39-46(81-50)8-6-5-7-15-63-52(67)13-17-70-19-21-72-23-25-74-27-29-76-31-33-78-35-36-79-34-32-77-30-28-75-26-24-73-22-20-71-18-14-53(68)80-56-54(60)47(58)40-48(59)55(56)61/h9-12,37,39-40H,4-8,13-36,38,41-42H2,1-3H3,(H2,62,64)(H,63,67). The zero-order valence-electron chi connectivity index (χ0n) is 47.2. The number of halogens is 4. The fourth-order valence-electron chi connectivity index (χ4n) is 7.68. The van der Waals surface area contributed by atoms with Gasteiger partial charge in [-0.25, -0.2) is 13.8 Å². The van der Waals surface area contributed by atoms with Gasteiger partial charge in [-0.15, -0.1) is 11.3 Å². The lowest BCUT2D eigenvalue weighted by Crippen LogP contribution is -2.33. The number of carbonyl (C=O) groups is 3. The molecule has 19 nitrogen and oxygen atoms in total. The summed E-state index contributed by atoms with van der Waals surface area (Å²) in [7, 11) is 4.10. The topological polar surface area (TPSA) is 210 Å². The SMILES string of the molecule is CCCN(Cc1ccc(CN(C)C)cc1)C(=O)C1=Cc2sc(CCCCCNC(=O)CCOCCOCCOCCOCCOCCOCCOCCOCCOCCOCCC(=O)Oc3c(F)c(F)cc(F)c3F)cc2N=C(N)C1. The Morgan fingerprint density at radius 2 is 1.07 bits per heavy atom. The van der Waals surface area contributed by atoms with E-state index in [0.29, 0.717) is 143 Å². The van der Waals surface area contributed by atoms with E-state index in [9.17, 15) is 31.9 Å². The first-order valence-corrected chi connectivity index (χ1v) is 28.4. The fourth-order valence-corrected chi connectivity index (χ4v) is 8.79. The van der Waals surface area contributed by atoms with E-state index in [4.69, 9.17) is 53.1 Å².